The summed E-state index contributed by atoms with van der Waals surface area (Å²) in [5.41, 5.74) is 2.74. The fourth-order valence-corrected chi connectivity index (χ4v) is 2.75. The third-order valence-electron chi connectivity index (χ3n) is 4.01. The molecule has 0 aromatic heterocycles. The van der Waals surface area contributed by atoms with E-state index in [1.54, 1.807) is 12.1 Å². The first-order valence-electron chi connectivity index (χ1n) is 7.39. The molecule has 0 atom stereocenters. The van der Waals surface area contributed by atoms with Crippen LogP contribution in [-0.2, 0) is 0 Å². The number of allylic oxidation sites excluding steroid dienone is 1. The number of nitrogens with one attached hydrogen (secondary N) is 1. The van der Waals surface area contributed by atoms with Crippen LogP contribution in [0.25, 0.3) is 0 Å². The highest BCUT2D eigenvalue weighted by Gasteiger charge is 2.12. The number of carboxylic acid groups (broad SMARTS) is 1. The van der Waals surface area contributed by atoms with Gasteiger partial charge in [-0.15, -0.1) is 0 Å². The molecule has 1 aromatic rings. The Morgan fingerprint density at radius 1 is 1.20 bits per heavy atom. The van der Waals surface area contributed by atoms with Gasteiger partial charge in [0.15, 0.2) is 0 Å². The van der Waals surface area contributed by atoms with Gasteiger partial charge >= 0.3 is 5.97 Å². The lowest BCUT2D eigenvalue weighted by Crippen LogP contribution is -2.16. The number of benzene rings is 1. The predicted octanol–water partition coefficient (Wildman–Crippen LogP) is 4.32. The maximum atomic E-state index is 10.8. The van der Waals surface area contributed by atoms with Crippen LogP contribution in [0.5, 0.6) is 0 Å². The van der Waals surface area contributed by atoms with Crippen LogP contribution in [0.15, 0.2) is 36.4 Å². The van der Waals surface area contributed by atoms with Crippen molar-refractivity contribution in [2.45, 2.75) is 38.5 Å². The van der Waals surface area contributed by atoms with E-state index in [4.69, 9.17) is 5.11 Å². The second kappa shape index (κ2) is 7.13. The van der Waals surface area contributed by atoms with Gasteiger partial charge in [0.05, 0.1) is 5.56 Å². The van der Waals surface area contributed by atoms with Crippen molar-refractivity contribution in [3.63, 3.8) is 0 Å². The van der Waals surface area contributed by atoms with Crippen molar-refractivity contribution in [1.82, 2.24) is 0 Å². The smallest absolute Gasteiger partial charge is 0.335 e. The summed E-state index contributed by atoms with van der Waals surface area (Å²) in [6, 6.07) is 6.97. The van der Waals surface area contributed by atoms with Gasteiger partial charge < -0.3 is 10.4 Å². The summed E-state index contributed by atoms with van der Waals surface area (Å²) in [6.07, 6.45) is 7.32. The minimum atomic E-state index is -0.878. The number of carbonyl (C=O) groups is 1. The van der Waals surface area contributed by atoms with Gasteiger partial charge in [-0.1, -0.05) is 12.2 Å². The molecule has 0 unspecified atom stereocenters. The molecule has 3 heteroatoms. The highest BCUT2D eigenvalue weighted by atomic mass is 16.4. The predicted molar refractivity (Wildman–Crippen MR) is 82.2 cm³/mol. The third kappa shape index (κ3) is 4.41. The quantitative estimate of drug-likeness (QED) is 0.803. The molecule has 0 aliphatic heterocycles. The average molecular weight is 273 g/mol. The number of anilines is 1. The van der Waals surface area contributed by atoms with Crippen molar-refractivity contribution in [2.75, 3.05) is 11.9 Å². The van der Waals surface area contributed by atoms with E-state index in [0.717, 1.165) is 12.2 Å². The second-order valence-electron chi connectivity index (χ2n) is 5.66. The topological polar surface area (TPSA) is 49.3 Å². The van der Waals surface area contributed by atoms with E-state index in [1.165, 1.54) is 44.1 Å². The maximum absolute atomic E-state index is 10.8. The van der Waals surface area contributed by atoms with Crippen LogP contribution < -0.4 is 5.32 Å². The second-order valence-corrected chi connectivity index (χ2v) is 5.66. The van der Waals surface area contributed by atoms with E-state index in [9.17, 15) is 4.79 Å². The number of aromatic carboxylic acids is 1. The van der Waals surface area contributed by atoms with Gasteiger partial charge in [-0.3, -0.25) is 0 Å². The maximum Gasteiger partial charge on any atom is 0.335 e. The van der Waals surface area contributed by atoms with Crippen LogP contribution >= 0.6 is 0 Å². The Kier molecular flexibility index (Phi) is 5.22. The van der Waals surface area contributed by atoms with Crippen molar-refractivity contribution in [2.24, 2.45) is 5.92 Å². The Balaban J connectivity index is 1.81. The molecule has 108 valence electrons. The first kappa shape index (κ1) is 14.6. The minimum absolute atomic E-state index is 0.333. The van der Waals surface area contributed by atoms with Gasteiger partial charge in [0.2, 0.25) is 0 Å². The van der Waals surface area contributed by atoms with Gasteiger partial charge in [0.25, 0.3) is 0 Å². The van der Waals surface area contributed by atoms with Crippen molar-refractivity contribution in [1.29, 1.82) is 0 Å². The number of hydrogen-bond donors (Lipinski definition) is 2. The highest BCUT2D eigenvalue weighted by Crippen LogP contribution is 2.25. The number of hydrogen-bond acceptors (Lipinski definition) is 2. The molecule has 0 amide bonds. The van der Waals surface area contributed by atoms with Crippen LogP contribution in [0, 0.1) is 5.92 Å². The average Bonchev–Trinajstić information content (AvgIpc) is 2.42. The van der Waals surface area contributed by atoms with E-state index in [-0.39, 0.29) is 0 Å². The normalized spacial score (nSPS) is 17.3. The molecular formula is C17H23NO2. The van der Waals surface area contributed by atoms with Crippen LogP contribution in [-0.4, -0.2) is 17.6 Å². The van der Waals surface area contributed by atoms with Crippen LogP contribution in [0.1, 0.15) is 48.9 Å². The Bertz CT molecular complexity index is 452. The first-order valence-corrected chi connectivity index (χ1v) is 7.39. The Morgan fingerprint density at radius 3 is 2.35 bits per heavy atom. The molecular weight excluding hydrogens is 250 g/mol. The van der Waals surface area contributed by atoms with Gasteiger partial charge in [-0.25, -0.2) is 4.79 Å². The van der Waals surface area contributed by atoms with E-state index in [1.807, 2.05) is 12.1 Å². The number of carboxylic acids is 1. The summed E-state index contributed by atoms with van der Waals surface area (Å²) < 4.78 is 0. The fraction of sp³-hybridized carbons (Fsp3) is 0.471. The van der Waals surface area contributed by atoms with Crippen molar-refractivity contribution in [3.8, 4) is 0 Å². The molecule has 1 aliphatic rings. The molecule has 0 saturated heterocycles. The Labute approximate surface area is 120 Å². The minimum Gasteiger partial charge on any atom is -0.478 e. The molecule has 2 rings (SSSR count). The third-order valence-corrected chi connectivity index (χ3v) is 4.01. The van der Waals surface area contributed by atoms with E-state index >= 15 is 0 Å². The van der Waals surface area contributed by atoms with Gasteiger partial charge in [0, 0.05) is 12.2 Å². The van der Waals surface area contributed by atoms with Crippen LogP contribution in [0.2, 0.25) is 0 Å². The van der Waals surface area contributed by atoms with Crippen LogP contribution in [0.3, 0.4) is 0 Å². The lowest BCUT2D eigenvalue weighted by atomic mass is 9.89. The summed E-state index contributed by atoms with van der Waals surface area (Å²) in [5.74, 6) is -0.168. The number of rotatable bonds is 4. The van der Waals surface area contributed by atoms with Crippen molar-refractivity contribution in [3.05, 3.63) is 42.0 Å². The van der Waals surface area contributed by atoms with E-state index in [2.05, 4.69) is 11.9 Å². The molecule has 0 bridgehead atoms. The molecule has 0 heterocycles. The summed E-state index contributed by atoms with van der Waals surface area (Å²) in [5, 5.41) is 12.3. The molecule has 1 aromatic carbocycles. The van der Waals surface area contributed by atoms with Crippen LogP contribution in [0.4, 0.5) is 5.69 Å². The molecule has 2 N–H and O–H groups in total. The summed E-state index contributed by atoms with van der Waals surface area (Å²) in [6.45, 7) is 5.06. The zero-order valence-electron chi connectivity index (χ0n) is 11.9. The Hall–Kier alpha value is -1.77. The summed E-state index contributed by atoms with van der Waals surface area (Å²) in [4.78, 5) is 10.8. The van der Waals surface area contributed by atoms with E-state index in [0.29, 0.717) is 11.5 Å². The molecule has 1 saturated carbocycles. The van der Waals surface area contributed by atoms with Gasteiger partial charge in [-0.05, 0) is 68.7 Å². The molecule has 0 spiro atoms. The van der Waals surface area contributed by atoms with Crippen molar-refractivity contribution >= 4 is 11.7 Å². The highest BCUT2D eigenvalue weighted by molar-refractivity contribution is 5.87. The SMILES string of the molecule is C=C1CCCC(CNc2ccc(C(=O)O)cc2)CCC1. The van der Waals surface area contributed by atoms with Gasteiger partial charge in [-0.2, -0.15) is 0 Å². The lowest BCUT2D eigenvalue weighted by Gasteiger charge is -2.21. The molecule has 1 aliphatic carbocycles. The Morgan fingerprint density at radius 2 is 1.80 bits per heavy atom. The van der Waals surface area contributed by atoms with Crippen molar-refractivity contribution < 1.29 is 9.90 Å². The summed E-state index contributed by atoms with van der Waals surface area (Å²) in [7, 11) is 0. The largest absolute Gasteiger partial charge is 0.478 e. The van der Waals surface area contributed by atoms with Gasteiger partial charge in [0.1, 0.15) is 0 Å². The summed E-state index contributed by atoms with van der Waals surface area (Å²) >= 11 is 0. The zero-order chi connectivity index (χ0) is 14.4. The monoisotopic (exact) mass is 273 g/mol. The lowest BCUT2D eigenvalue weighted by molar-refractivity contribution is 0.0697. The van der Waals surface area contributed by atoms with E-state index < -0.39 is 5.97 Å². The first-order chi connectivity index (χ1) is 9.65. The molecule has 1 fully saturated rings. The molecule has 0 radical (unpaired) electrons. The molecule has 3 nitrogen and oxygen atoms in total. The fourth-order valence-electron chi connectivity index (χ4n) is 2.75. The zero-order valence-corrected chi connectivity index (χ0v) is 11.9. The standard InChI is InChI=1S/C17H23NO2/c1-13-4-2-6-14(7-3-5-13)12-18-16-10-8-15(9-11-16)17(19)20/h8-11,14,18H,1-7,12H2,(H,19,20). The molecule has 20 heavy (non-hydrogen) atoms.